The van der Waals surface area contributed by atoms with Crippen molar-refractivity contribution in [3.63, 3.8) is 0 Å². The van der Waals surface area contributed by atoms with Crippen LogP contribution in [0.3, 0.4) is 0 Å². The molecular weight excluding hydrogens is 1500 g/mol. The second-order valence-electron chi connectivity index (χ2n) is 25.8. The zero-order valence-corrected chi connectivity index (χ0v) is 63.4. The predicted octanol–water partition coefficient (Wildman–Crippen LogP) is 3.18. The van der Waals surface area contributed by atoms with Crippen LogP contribution in [0.25, 0.3) is 11.2 Å². The summed E-state index contributed by atoms with van der Waals surface area (Å²) in [6, 6.07) is 11.0. The maximum Gasteiger partial charge on any atom is 0.410 e. The molecule has 108 heavy (non-hydrogen) atoms. The number of thiol groups is 1. The van der Waals surface area contributed by atoms with Gasteiger partial charge in [0.25, 0.3) is 23.3 Å². The van der Waals surface area contributed by atoms with E-state index in [4.69, 9.17) is 67.8 Å². The molecule has 5 aromatic rings. The van der Waals surface area contributed by atoms with Crippen LogP contribution in [-0.4, -0.2) is 244 Å². The number of aromatic amines is 1. The molecule has 2 saturated heterocycles. The maximum absolute atomic E-state index is 14.1. The molecule has 3 aliphatic heterocycles. The van der Waals surface area contributed by atoms with Gasteiger partial charge >= 0.3 is 19.6 Å². The molecule has 3 fully saturated rings. The van der Waals surface area contributed by atoms with E-state index < -0.39 is 140 Å². The molecular formula is C67H91N13O24P2S2. The molecule has 0 radical (unpaired) electrons. The number of hydrogen-bond donors (Lipinski definition) is 10. The van der Waals surface area contributed by atoms with Gasteiger partial charge in [0.15, 0.2) is 17.4 Å². The molecule has 3 aromatic heterocycles. The normalized spacial score (nSPS) is 23.4. The van der Waals surface area contributed by atoms with Crippen molar-refractivity contribution >= 4 is 102 Å². The summed E-state index contributed by atoms with van der Waals surface area (Å²) in [4.78, 5) is 139. The van der Waals surface area contributed by atoms with Gasteiger partial charge in [0.1, 0.15) is 55.7 Å². The number of fused-ring (bicyclic) bond motifs is 4. The smallest absolute Gasteiger partial charge is 0.410 e. The van der Waals surface area contributed by atoms with E-state index in [2.05, 4.69) is 63.8 Å². The van der Waals surface area contributed by atoms with Crippen LogP contribution >= 0.6 is 25.8 Å². The van der Waals surface area contributed by atoms with E-state index >= 15 is 0 Å². The van der Waals surface area contributed by atoms with Crippen LogP contribution < -0.4 is 36.9 Å². The average molecular weight is 1590 g/mol. The van der Waals surface area contributed by atoms with Crippen molar-refractivity contribution < 1.29 is 109 Å². The maximum atomic E-state index is 14.1. The number of ether oxygens (including phenoxy) is 8. The Kier molecular flexibility index (Phi) is 31.9. The third-order valence-corrected chi connectivity index (χ3v) is 20.6. The van der Waals surface area contributed by atoms with Gasteiger partial charge in [0.05, 0.1) is 91.1 Å². The minimum atomic E-state index is -4.39. The van der Waals surface area contributed by atoms with Crippen molar-refractivity contribution in [2.24, 2.45) is 11.8 Å². The number of aromatic nitrogens is 6. The number of carbonyl (C=O) groups is 7. The summed E-state index contributed by atoms with van der Waals surface area (Å²) < 4.78 is 83.2. The van der Waals surface area contributed by atoms with Crippen molar-refractivity contribution in [2.45, 2.75) is 134 Å². The summed E-state index contributed by atoms with van der Waals surface area (Å²) in [5.74, 6) is -4.61. The predicted molar refractivity (Wildman–Crippen MR) is 390 cm³/mol. The van der Waals surface area contributed by atoms with Crippen LogP contribution in [0.5, 0.6) is 5.88 Å². The number of methoxy groups -OCH3 is 1. The Morgan fingerprint density at radius 3 is 2.19 bits per heavy atom. The molecule has 9 N–H and O–H groups in total. The lowest BCUT2D eigenvalue weighted by molar-refractivity contribution is -0.137. The van der Waals surface area contributed by atoms with Crippen LogP contribution in [0, 0.1) is 11.8 Å². The number of imidazole rings is 1. The number of imide groups is 1. The monoisotopic (exact) mass is 1590 g/mol. The van der Waals surface area contributed by atoms with Gasteiger partial charge in [-0.3, -0.25) is 63.2 Å². The molecule has 9 rings (SSSR count). The Hall–Kier alpha value is -7.63. The minimum absolute atomic E-state index is 0.0756. The van der Waals surface area contributed by atoms with Crippen LogP contribution in [0.1, 0.15) is 87.0 Å². The van der Waals surface area contributed by atoms with Gasteiger partial charge in [0, 0.05) is 81.7 Å². The molecule has 590 valence electrons. The fourth-order valence-corrected chi connectivity index (χ4v) is 14.8. The highest BCUT2D eigenvalue weighted by atomic mass is 32.7. The number of aliphatic hydroxyl groups excluding tert-OH is 2. The largest absolute Gasteiger partial charge is 0.474 e. The first-order valence-corrected chi connectivity index (χ1v) is 40.1. The first-order valence-electron chi connectivity index (χ1n) is 34.8. The number of unbranched alkanes of at least 4 members (excludes halogenated alkanes) is 1. The van der Waals surface area contributed by atoms with Crippen molar-refractivity contribution in [3.05, 3.63) is 113 Å². The molecule has 0 spiro atoms. The van der Waals surface area contributed by atoms with Gasteiger partial charge in [0.2, 0.25) is 29.5 Å². The molecule has 37 nitrogen and oxygen atoms in total. The van der Waals surface area contributed by atoms with Crippen LogP contribution in [-0.2, 0) is 105 Å². The average Bonchev–Trinajstić information content (AvgIpc) is 1.60. The number of nitrogens with one attached hydrogen (secondary N) is 6. The highest BCUT2D eigenvalue weighted by molar-refractivity contribution is 8.44. The molecule has 3 unspecified atom stereocenters. The third-order valence-electron chi connectivity index (χ3n) is 17.4. The SMILES string of the molecule is COCCOCCOCCOCCOCCC(O)N[C@@H](CCCCN1C(=O)C=CC1=O)C(=O)N[C@H](C(=O)N[C@@H](C)C(=O)Nc1ccc(COC(=O)N(C)Cc2ccccc2C(=O)Nc2nc3c(ncn3[C@@H]3O[C@@H]4COP(O)(=S)O[C@H]5C[C@H](Oc6ccncn6)C[C@@H]5COP(=O)(S)O[C@@H]3[C@@H]4O)c(=O)[nH]2)cc1)C(C)C. The number of amides is 7. The van der Waals surface area contributed by atoms with Gasteiger partial charge in [-0.1, -0.05) is 56.4 Å². The van der Waals surface area contributed by atoms with Gasteiger partial charge in [-0.2, -0.15) is 4.98 Å². The van der Waals surface area contributed by atoms with Crippen LogP contribution in [0.2, 0.25) is 0 Å². The summed E-state index contributed by atoms with van der Waals surface area (Å²) in [7, 11) is 3.05. The first-order chi connectivity index (χ1) is 51.7. The zero-order chi connectivity index (χ0) is 77.5. The number of hydrogen-bond acceptors (Lipinski definition) is 29. The van der Waals surface area contributed by atoms with E-state index in [-0.39, 0.29) is 94.5 Å². The molecule has 13 atom stereocenters. The third kappa shape index (κ3) is 24.9. The number of rotatable bonds is 38. The Morgan fingerprint density at radius 2 is 1.51 bits per heavy atom. The highest BCUT2D eigenvalue weighted by Gasteiger charge is 2.51. The molecule has 6 heterocycles. The Morgan fingerprint density at radius 1 is 0.815 bits per heavy atom. The fraction of sp³-hybridized carbons (Fsp3) is 0.552. The number of anilines is 2. The highest BCUT2D eigenvalue weighted by Crippen LogP contribution is 2.59. The molecule has 2 aromatic carbocycles. The molecule has 7 amide bonds. The lowest BCUT2D eigenvalue weighted by atomic mass is 10.0. The van der Waals surface area contributed by atoms with E-state index in [1.807, 2.05) is 0 Å². The zero-order valence-electron chi connectivity index (χ0n) is 59.9. The Balaban J connectivity index is 0.737. The van der Waals surface area contributed by atoms with Crippen LogP contribution in [0.15, 0.2) is 90.4 Å². The second kappa shape index (κ2) is 40.9. The molecule has 4 aliphatic rings. The molecule has 41 heteroatoms. The number of benzene rings is 2. The lowest BCUT2D eigenvalue weighted by Gasteiger charge is -2.28. The van der Waals surface area contributed by atoms with Crippen molar-refractivity contribution in [1.29, 1.82) is 0 Å². The summed E-state index contributed by atoms with van der Waals surface area (Å²) in [5.41, 5.74) is 0.0712. The summed E-state index contributed by atoms with van der Waals surface area (Å²) in [6.45, 7) is -1.44. The molecule has 1 saturated carbocycles. The molecule has 1 aliphatic carbocycles. The van der Waals surface area contributed by atoms with E-state index in [1.165, 1.54) is 54.2 Å². The van der Waals surface area contributed by atoms with Crippen molar-refractivity contribution in [1.82, 2.24) is 55.2 Å². The Bertz CT molecular complexity index is 4040. The van der Waals surface area contributed by atoms with Gasteiger partial charge in [-0.15, -0.1) is 0 Å². The lowest BCUT2D eigenvalue weighted by Crippen LogP contribution is -2.57. The summed E-state index contributed by atoms with van der Waals surface area (Å²) in [6.07, 6.45) is -1.49. The summed E-state index contributed by atoms with van der Waals surface area (Å²) in [5, 5.41) is 36.3. The van der Waals surface area contributed by atoms with Crippen LogP contribution in [0.4, 0.5) is 16.4 Å². The van der Waals surface area contributed by atoms with Crippen molar-refractivity contribution in [3.8, 4) is 5.88 Å². The van der Waals surface area contributed by atoms with E-state index in [1.54, 1.807) is 69.5 Å². The van der Waals surface area contributed by atoms with Gasteiger partial charge < -0.3 is 87.4 Å². The van der Waals surface area contributed by atoms with E-state index in [0.29, 0.717) is 75.2 Å². The molecule has 2 bridgehead atoms. The van der Waals surface area contributed by atoms with Gasteiger partial charge in [-0.25, -0.2) is 24.3 Å². The standard InChI is InChI=1S/C67H91N13O24P2S2/c1-40(2)55(74-62(87)48(12-8-9-22-79-53(82)17-18-54(79)83)73-51(81)20-23-94-26-27-96-30-31-97-29-28-95-25-24-93-5)63(88)71-41(3)60(85)72-45-15-13-42(14-16-45)35-98-67(90)78(4)34-43-10-6-7-11-47(43)61(86)76-66-75-59-56(64(89)77-66)70-39-80(59)65-58-57(84)50(102-65)37-100-105(91,107)103-49-33-46(101-52-19-21-68-38-69-52)32-44(49)36-99-106(92,108)104-58/h6-7,10-11,13-19,21,38-41,44,46,48-51,55,57-58,65,73,81,84H,8-9,12,20,22-37H2,1-5H3,(H,71,88)(H,72,85)(H,74,87)(H,91,107)(H,92,108)(H2,75,76,77,86,89)/t41-,44+,46+,48-,49-,50+,51?,55-,57+,58+,65+,105?,106?/m0/s1. The van der Waals surface area contributed by atoms with E-state index in [0.717, 1.165) is 11.2 Å². The van der Waals surface area contributed by atoms with Crippen molar-refractivity contribution in [2.75, 3.05) is 104 Å². The second-order valence-corrected chi connectivity index (χ2v) is 31.5. The van der Waals surface area contributed by atoms with Gasteiger partial charge in [-0.05, 0) is 79.7 Å². The Labute approximate surface area is 631 Å². The number of H-pyrrole nitrogens is 1. The number of aliphatic hydroxyl groups is 2. The number of nitrogens with zero attached hydrogens (tertiary/aromatic N) is 7. The first kappa shape index (κ1) is 84.4. The quantitative estimate of drug-likeness (QED) is 0.00892. The number of carbonyl (C=O) groups excluding carboxylic acids is 7. The summed E-state index contributed by atoms with van der Waals surface area (Å²) >= 11 is 9.63. The van der Waals surface area contributed by atoms with E-state index in [9.17, 15) is 58.0 Å². The fourth-order valence-electron chi connectivity index (χ4n) is 11.8. The topological polar surface area (TPSA) is 464 Å². The minimum Gasteiger partial charge on any atom is -0.474 e.